The van der Waals surface area contributed by atoms with E-state index in [1.165, 1.54) is 0 Å². The van der Waals surface area contributed by atoms with Gasteiger partial charge in [0.15, 0.2) is 0 Å². The fraction of sp³-hybridized carbons (Fsp3) is 0.375. The summed E-state index contributed by atoms with van der Waals surface area (Å²) in [6.45, 7) is 1.71. The molecule has 2 aromatic rings. The SMILES string of the molecule is Cn1nccc1C(=O)N1CCOC(Cc2ccccc2Cl)C1. The van der Waals surface area contributed by atoms with Crippen molar-refractivity contribution >= 4 is 17.5 Å². The zero-order valence-electron chi connectivity index (χ0n) is 12.4. The van der Waals surface area contributed by atoms with Gasteiger partial charge >= 0.3 is 0 Å². The highest BCUT2D eigenvalue weighted by Gasteiger charge is 2.26. The van der Waals surface area contributed by atoms with Crippen LogP contribution < -0.4 is 0 Å². The Morgan fingerprint density at radius 2 is 2.23 bits per heavy atom. The average molecular weight is 320 g/mol. The average Bonchev–Trinajstić information content (AvgIpc) is 2.95. The molecule has 1 amide bonds. The maximum Gasteiger partial charge on any atom is 0.272 e. The molecule has 0 N–H and O–H groups in total. The quantitative estimate of drug-likeness (QED) is 0.871. The number of aryl methyl sites for hydroxylation is 1. The highest BCUT2D eigenvalue weighted by atomic mass is 35.5. The molecule has 0 saturated carbocycles. The summed E-state index contributed by atoms with van der Waals surface area (Å²) in [4.78, 5) is 14.4. The molecule has 0 bridgehead atoms. The van der Waals surface area contributed by atoms with Crippen LogP contribution in [-0.4, -0.2) is 46.4 Å². The number of hydrogen-bond acceptors (Lipinski definition) is 3. The summed E-state index contributed by atoms with van der Waals surface area (Å²) in [5.41, 5.74) is 1.64. The van der Waals surface area contributed by atoms with Gasteiger partial charge < -0.3 is 9.64 Å². The minimum absolute atomic E-state index is 0.00698. The molecule has 1 unspecified atom stereocenters. The maximum atomic E-state index is 12.5. The summed E-state index contributed by atoms with van der Waals surface area (Å²) in [5, 5.41) is 4.79. The van der Waals surface area contributed by atoms with Gasteiger partial charge in [0, 0.05) is 37.8 Å². The predicted molar refractivity (Wildman–Crippen MR) is 84.0 cm³/mol. The number of halogens is 1. The molecule has 0 spiro atoms. The van der Waals surface area contributed by atoms with Gasteiger partial charge in [-0.1, -0.05) is 29.8 Å². The van der Waals surface area contributed by atoms with Crippen LogP contribution >= 0.6 is 11.6 Å². The molecule has 6 heteroatoms. The molecule has 1 aromatic carbocycles. The molecule has 0 radical (unpaired) electrons. The molecule has 2 heterocycles. The van der Waals surface area contributed by atoms with Gasteiger partial charge in [0.25, 0.3) is 5.91 Å². The Labute approximate surface area is 134 Å². The Bertz CT molecular complexity index is 671. The van der Waals surface area contributed by atoms with E-state index in [1.807, 2.05) is 29.2 Å². The van der Waals surface area contributed by atoms with E-state index in [9.17, 15) is 4.79 Å². The fourth-order valence-corrected chi connectivity index (χ4v) is 2.90. The van der Waals surface area contributed by atoms with Crippen molar-refractivity contribution in [1.82, 2.24) is 14.7 Å². The van der Waals surface area contributed by atoms with Gasteiger partial charge in [-0.25, -0.2) is 0 Å². The zero-order valence-corrected chi connectivity index (χ0v) is 13.2. The summed E-state index contributed by atoms with van der Waals surface area (Å²) in [6.07, 6.45) is 2.30. The summed E-state index contributed by atoms with van der Waals surface area (Å²) in [6, 6.07) is 9.47. The van der Waals surface area contributed by atoms with Crippen LogP contribution in [-0.2, 0) is 18.2 Å². The molecule has 116 valence electrons. The van der Waals surface area contributed by atoms with Crippen molar-refractivity contribution in [1.29, 1.82) is 0 Å². The van der Waals surface area contributed by atoms with Crippen LogP contribution in [0, 0.1) is 0 Å². The molecule has 22 heavy (non-hydrogen) atoms. The molecule has 1 atom stereocenters. The Morgan fingerprint density at radius 1 is 1.41 bits per heavy atom. The van der Waals surface area contributed by atoms with E-state index in [0.29, 0.717) is 31.8 Å². The molecule has 5 nitrogen and oxygen atoms in total. The Hall–Kier alpha value is -1.85. The lowest BCUT2D eigenvalue weighted by Crippen LogP contribution is -2.46. The molecule has 1 fully saturated rings. The van der Waals surface area contributed by atoms with Gasteiger partial charge in [-0.3, -0.25) is 9.48 Å². The van der Waals surface area contributed by atoms with Crippen molar-refractivity contribution in [3.63, 3.8) is 0 Å². The molecule has 1 aliphatic rings. The number of aromatic nitrogens is 2. The normalized spacial score (nSPS) is 18.5. The van der Waals surface area contributed by atoms with E-state index < -0.39 is 0 Å². The molecule has 0 aliphatic carbocycles. The minimum atomic E-state index is -0.0363. The number of hydrogen-bond donors (Lipinski definition) is 0. The van der Waals surface area contributed by atoms with Gasteiger partial charge in [0.2, 0.25) is 0 Å². The summed E-state index contributed by atoms with van der Waals surface area (Å²) < 4.78 is 7.39. The first kappa shape index (κ1) is 15.1. The fourth-order valence-electron chi connectivity index (χ4n) is 2.68. The van der Waals surface area contributed by atoms with Gasteiger partial charge in [-0.05, 0) is 17.7 Å². The van der Waals surface area contributed by atoms with Crippen LogP contribution in [0.1, 0.15) is 16.1 Å². The number of ether oxygens (including phenoxy) is 1. The van der Waals surface area contributed by atoms with E-state index in [1.54, 1.807) is 24.0 Å². The predicted octanol–water partition coefficient (Wildman–Crippen LogP) is 2.16. The van der Waals surface area contributed by atoms with E-state index in [-0.39, 0.29) is 12.0 Å². The second-order valence-corrected chi connectivity index (χ2v) is 5.79. The highest BCUT2D eigenvalue weighted by Crippen LogP contribution is 2.20. The van der Waals surface area contributed by atoms with Gasteiger partial charge in [0.05, 0.1) is 12.7 Å². The molecule has 3 rings (SSSR count). The molecule has 1 aliphatic heterocycles. The third-order valence-corrected chi connectivity index (χ3v) is 4.24. The minimum Gasteiger partial charge on any atom is -0.374 e. The van der Waals surface area contributed by atoms with E-state index in [0.717, 1.165) is 10.6 Å². The van der Waals surface area contributed by atoms with Gasteiger partial charge in [-0.15, -0.1) is 0 Å². The molecular weight excluding hydrogens is 302 g/mol. The Morgan fingerprint density at radius 3 is 2.95 bits per heavy atom. The van der Waals surface area contributed by atoms with Crippen LogP contribution in [0.5, 0.6) is 0 Å². The van der Waals surface area contributed by atoms with Crippen molar-refractivity contribution in [2.75, 3.05) is 19.7 Å². The monoisotopic (exact) mass is 319 g/mol. The van der Waals surface area contributed by atoms with Crippen molar-refractivity contribution in [2.24, 2.45) is 7.05 Å². The lowest BCUT2D eigenvalue weighted by molar-refractivity contribution is -0.0211. The maximum absolute atomic E-state index is 12.5. The van der Waals surface area contributed by atoms with Crippen LogP contribution in [0.4, 0.5) is 0 Å². The van der Waals surface area contributed by atoms with E-state index >= 15 is 0 Å². The zero-order chi connectivity index (χ0) is 15.5. The number of nitrogens with zero attached hydrogens (tertiary/aromatic N) is 3. The summed E-state index contributed by atoms with van der Waals surface area (Å²) in [5.74, 6) is -0.00698. The van der Waals surface area contributed by atoms with Crippen LogP contribution in [0.25, 0.3) is 0 Å². The molecule has 1 saturated heterocycles. The van der Waals surface area contributed by atoms with Crippen LogP contribution in [0.2, 0.25) is 5.02 Å². The van der Waals surface area contributed by atoms with Crippen molar-refractivity contribution in [3.8, 4) is 0 Å². The molecule has 1 aromatic heterocycles. The third-order valence-electron chi connectivity index (χ3n) is 3.87. The first-order valence-electron chi connectivity index (χ1n) is 7.27. The number of morpholine rings is 1. The second kappa shape index (κ2) is 6.50. The topological polar surface area (TPSA) is 47.4 Å². The lowest BCUT2D eigenvalue weighted by Gasteiger charge is -2.33. The van der Waals surface area contributed by atoms with Crippen molar-refractivity contribution in [3.05, 3.63) is 52.8 Å². The van der Waals surface area contributed by atoms with E-state index in [2.05, 4.69) is 5.10 Å². The summed E-state index contributed by atoms with van der Waals surface area (Å²) >= 11 is 6.20. The first-order chi connectivity index (χ1) is 10.6. The number of amides is 1. The van der Waals surface area contributed by atoms with Gasteiger partial charge in [-0.2, -0.15) is 5.10 Å². The summed E-state index contributed by atoms with van der Waals surface area (Å²) in [7, 11) is 1.77. The van der Waals surface area contributed by atoms with Crippen molar-refractivity contribution < 1.29 is 9.53 Å². The Balaban J connectivity index is 1.68. The third kappa shape index (κ3) is 3.15. The van der Waals surface area contributed by atoms with Crippen LogP contribution in [0.15, 0.2) is 36.5 Å². The van der Waals surface area contributed by atoms with E-state index in [4.69, 9.17) is 16.3 Å². The second-order valence-electron chi connectivity index (χ2n) is 5.38. The number of carbonyl (C=O) groups is 1. The largest absolute Gasteiger partial charge is 0.374 e. The van der Waals surface area contributed by atoms with Gasteiger partial charge in [0.1, 0.15) is 5.69 Å². The number of carbonyl (C=O) groups excluding carboxylic acids is 1. The van der Waals surface area contributed by atoms with Crippen molar-refractivity contribution in [2.45, 2.75) is 12.5 Å². The first-order valence-corrected chi connectivity index (χ1v) is 7.65. The number of benzene rings is 1. The lowest BCUT2D eigenvalue weighted by atomic mass is 10.1. The molecular formula is C16H18ClN3O2. The standard InChI is InChI=1S/C16H18ClN3O2/c1-19-15(6-7-18-19)16(21)20-8-9-22-13(11-20)10-12-4-2-3-5-14(12)17/h2-7,13H,8-11H2,1H3. The smallest absolute Gasteiger partial charge is 0.272 e. The highest BCUT2D eigenvalue weighted by molar-refractivity contribution is 6.31. The van der Waals surface area contributed by atoms with Crippen LogP contribution in [0.3, 0.4) is 0 Å². The number of rotatable bonds is 3. The Kier molecular flexibility index (Phi) is 4.45.